The van der Waals surface area contributed by atoms with Crippen molar-refractivity contribution in [1.29, 1.82) is 0 Å². The van der Waals surface area contributed by atoms with Gasteiger partial charge in [-0.15, -0.1) is 0 Å². The summed E-state index contributed by atoms with van der Waals surface area (Å²) in [6.07, 6.45) is 1.26. The first kappa shape index (κ1) is 19.4. The van der Waals surface area contributed by atoms with Crippen LogP contribution in [0.4, 0.5) is 0 Å². The largest absolute Gasteiger partial charge is 0.507 e. The molecule has 26 heavy (non-hydrogen) atoms. The lowest BCUT2D eigenvalue weighted by molar-refractivity contribution is 0.0955. The Hall–Kier alpha value is -2.91. The fourth-order valence-corrected chi connectivity index (χ4v) is 2.94. The molecule has 138 valence electrons. The third-order valence-corrected chi connectivity index (χ3v) is 5.29. The van der Waals surface area contributed by atoms with E-state index in [1.807, 2.05) is 0 Å². The van der Waals surface area contributed by atoms with Crippen molar-refractivity contribution in [2.75, 3.05) is 21.2 Å². The van der Waals surface area contributed by atoms with Crippen LogP contribution in [-0.4, -0.2) is 51.2 Å². The molecule has 8 nitrogen and oxygen atoms in total. The summed E-state index contributed by atoms with van der Waals surface area (Å²) in [5.74, 6) is -0.0838. The van der Waals surface area contributed by atoms with Gasteiger partial charge < -0.3 is 9.84 Å². The van der Waals surface area contributed by atoms with Gasteiger partial charge >= 0.3 is 0 Å². The zero-order chi connectivity index (χ0) is 19.3. The maximum Gasteiger partial charge on any atom is 0.271 e. The summed E-state index contributed by atoms with van der Waals surface area (Å²) in [7, 11) is 0.668. The van der Waals surface area contributed by atoms with Crippen molar-refractivity contribution in [3.05, 3.63) is 53.6 Å². The number of phenolic OH excluding ortho intramolecular Hbond substituents is 1. The summed E-state index contributed by atoms with van der Waals surface area (Å²) in [6, 6.07) is 10.2. The molecule has 0 fully saturated rings. The highest BCUT2D eigenvalue weighted by molar-refractivity contribution is 7.89. The summed E-state index contributed by atoms with van der Waals surface area (Å²) < 4.78 is 30.4. The lowest BCUT2D eigenvalue weighted by Gasteiger charge is -2.11. The molecule has 0 spiro atoms. The van der Waals surface area contributed by atoms with Gasteiger partial charge in [0.2, 0.25) is 10.0 Å². The maximum absolute atomic E-state index is 12.2. The third-order valence-electron chi connectivity index (χ3n) is 3.48. The van der Waals surface area contributed by atoms with Crippen molar-refractivity contribution in [3.8, 4) is 11.5 Å². The Bertz CT molecular complexity index is 939. The van der Waals surface area contributed by atoms with Crippen LogP contribution < -0.4 is 10.2 Å². The van der Waals surface area contributed by atoms with E-state index in [0.29, 0.717) is 11.3 Å². The number of methoxy groups -OCH3 is 1. The van der Waals surface area contributed by atoms with Crippen molar-refractivity contribution < 1.29 is 23.1 Å². The van der Waals surface area contributed by atoms with Gasteiger partial charge in [0.15, 0.2) is 0 Å². The lowest BCUT2D eigenvalue weighted by atomic mass is 10.2. The van der Waals surface area contributed by atoms with E-state index in [9.17, 15) is 18.3 Å². The molecule has 2 N–H and O–H groups in total. The zero-order valence-corrected chi connectivity index (χ0v) is 15.3. The summed E-state index contributed by atoms with van der Waals surface area (Å²) in [5.41, 5.74) is 2.78. The number of ether oxygens (including phenoxy) is 1. The van der Waals surface area contributed by atoms with Gasteiger partial charge in [-0.05, 0) is 36.4 Å². The number of benzene rings is 2. The van der Waals surface area contributed by atoms with Crippen LogP contribution in [0.2, 0.25) is 0 Å². The van der Waals surface area contributed by atoms with Crippen molar-refractivity contribution in [3.63, 3.8) is 0 Å². The Morgan fingerprint density at radius 2 is 1.96 bits per heavy atom. The van der Waals surface area contributed by atoms with E-state index in [1.54, 1.807) is 12.1 Å². The van der Waals surface area contributed by atoms with E-state index in [2.05, 4.69) is 10.5 Å². The Labute approximate surface area is 151 Å². The van der Waals surface area contributed by atoms with E-state index >= 15 is 0 Å². The molecule has 0 bridgehead atoms. The third kappa shape index (κ3) is 4.38. The molecule has 0 heterocycles. The molecule has 0 radical (unpaired) electrons. The van der Waals surface area contributed by atoms with Crippen LogP contribution in [0.3, 0.4) is 0 Å². The van der Waals surface area contributed by atoms with Gasteiger partial charge in [-0.2, -0.15) is 5.10 Å². The number of phenols is 1. The topological polar surface area (TPSA) is 108 Å². The van der Waals surface area contributed by atoms with Crippen LogP contribution in [0.1, 0.15) is 15.9 Å². The first-order valence-electron chi connectivity index (χ1n) is 7.48. The molecule has 0 unspecified atom stereocenters. The lowest BCUT2D eigenvalue weighted by Crippen LogP contribution is -2.23. The summed E-state index contributed by atoms with van der Waals surface area (Å²) >= 11 is 0. The minimum Gasteiger partial charge on any atom is -0.507 e. The number of nitrogens with one attached hydrogen (secondary N) is 1. The zero-order valence-electron chi connectivity index (χ0n) is 14.5. The average molecular weight is 377 g/mol. The van der Waals surface area contributed by atoms with Gasteiger partial charge in [-0.3, -0.25) is 4.79 Å². The smallest absolute Gasteiger partial charge is 0.271 e. The molecule has 0 atom stereocenters. The number of hydrazone groups is 1. The Morgan fingerprint density at radius 1 is 1.23 bits per heavy atom. The number of amides is 1. The van der Waals surface area contributed by atoms with Crippen LogP contribution in [0.5, 0.6) is 11.5 Å². The second kappa shape index (κ2) is 7.98. The molecule has 0 saturated heterocycles. The fraction of sp³-hybridized carbons (Fsp3) is 0.176. The molecule has 2 aromatic rings. The van der Waals surface area contributed by atoms with Gasteiger partial charge in [0.1, 0.15) is 11.5 Å². The molecule has 0 aliphatic carbocycles. The van der Waals surface area contributed by atoms with Gasteiger partial charge in [0, 0.05) is 25.2 Å². The molecule has 0 aliphatic rings. The summed E-state index contributed by atoms with van der Waals surface area (Å²) in [5, 5.41) is 13.5. The second-order valence-corrected chi connectivity index (χ2v) is 7.59. The molecule has 0 aromatic heterocycles. The molecule has 2 aromatic carbocycles. The number of nitrogens with zero attached hydrogens (tertiary/aromatic N) is 2. The number of hydrogen-bond acceptors (Lipinski definition) is 6. The summed E-state index contributed by atoms with van der Waals surface area (Å²) in [6.45, 7) is 0. The fourth-order valence-electron chi connectivity index (χ4n) is 2.00. The Balaban J connectivity index is 2.16. The predicted octanol–water partition coefficient (Wildman–Crippen LogP) is 1.41. The van der Waals surface area contributed by atoms with E-state index in [4.69, 9.17) is 4.74 Å². The number of carbonyl (C=O) groups is 1. The van der Waals surface area contributed by atoms with Crippen LogP contribution >= 0.6 is 0 Å². The molecular formula is C17H19N3O5S. The summed E-state index contributed by atoms with van der Waals surface area (Å²) in [4.78, 5) is 12.2. The van der Waals surface area contributed by atoms with Gasteiger partial charge in [0.25, 0.3) is 5.91 Å². The van der Waals surface area contributed by atoms with Crippen LogP contribution in [0, 0.1) is 0 Å². The molecule has 1 amide bonds. The predicted molar refractivity (Wildman–Crippen MR) is 97.0 cm³/mol. The van der Waals surface area contributed by atoms with Gasteiger partial charge in [0.05, 0.1) is 18.2 Å². The van der Waals surface area contributed by atoms with Crippen LogP contribution in [-0.2, 0) is 10.0 Å². The average Bonchev–Trinajstić information content (AvgIpc) is 2.63. The highest BCUT2D eigenvalue weighted by atomic mass is 32.2. The van der Waals surface area contributed by atoms with Gasteiger partial charge in [-0.1, -0.05) is 6.07 Å². The number of rotatable bonds is 6. The van der Waals surface area contributed by atoms with E-state index in [1.165, 1.54) is 57.8 Å². The Morgan fingerprint density at radius 3 is 2.62 bits per heavy atom. The van der Waals surface area contributed by atoms with Crippen molar-refractivity contribution >= 4 is 22.1 Å². The van der Waals surface area contributed by atoms with E-state index in [0.717, 1.165) is 4.31 Å². The Kier molecular flexibility index (Phi) is 5.96. The molecule has 9 heteroatoms. The van der Waals surface area contributed by atoms with Crippen LogP contribution in [0.15, 0.2) is 52.5 Å². The maximum atomic E-state index is 12.2. The minimum atomic E-state index is -3.64. The normalized spacial score (nSPS) is 11.7. The first-order chi connectivity index (χ1) is 12.3. The van der Waals surface area contributed by atoms with E-state index < -0.39 is 15.9 Å². The standard InChI is InChI=1S/C17H19N3O5S/c1-20(2)26(23,24)15-6-4-5-12(10-15)17(22)19-18-11-13-9-14(25-3)7-8-16(13)21/h4-11,21H,1-3H3,(H,19,22)/b18-11+. The monoisotopic (exact) mass is 377 g/mol. The number of hydrogen-bond donors (Lipinski definition) is 2. The SMILES string of the molecule is COc1ccc(O)c(/C=N/NC(=O)c2cccc(S(=O)(=O)N(C)C)c2)c1. The van der Waals surface area contributed by atoms with Crippen molar-refractivity contribution in [2.45, 2.75) is 4.90 Å². The molecular weight excluding hydrogens is 358 g/mol. The number of carbonyl (C=O) groups excluding carboxylic acids is 1. The van der Waals surface area contributed by atoms with E-state index in [-0.39, 0.29) is 16.2 Å². The molecule has 0 saturated carbocycles. The van der Waals surface area contributed by atoms with Crippen LogP contribution in [0.25, 0.3) is 0 Å². The number of sulfonamides is 1. The quantitative estimate of drug-likeness (QED) is 0.585. The second-order valence-electron chi connectivity index (χ2n) is 5.44. The van der Waals surface area contributed by atoms with Gasteiger partial charge in [-0.25, -0.2) is 18.1 Å². The van der Waals surface area contributed by atoms with Crippen molar-refractivity contribution in [1.82, 2.24) is 9.73 Å². The molecule has 2 rings (SSSR count). The minimum absolute atomic E-state index is 0.00423. The molecule has 0 aliphatic heterocycles. The first-order valence-corrected chi connectivity index (χ1v) is 8.92. The van der Waals surface area contributed by atoms with Crippen molar-refractivity contribution in [2.24, 2.45) is 5.10 Å². The number of aromatic hydroxyl groups is 1. The highest BCUT2D eigenvalue weighted by Crippen LogP contribution is 2.21. The highest BCUT2D eigenvalue weighted by Gasteiger charge is 2.18.